The second-order valence-electron chi connectivity index (χ2n) is 7.25. The van der Waals surface area contributed by atoms with E-state index in [0.717, 1.165) is 44.7 Å². The zero-order valence-corrected chi connectivity index (χ0v) is 16.3. The molecule has 0 aromatic heterocycles. The molecule has 25 heavy (non-hydrogen) atoms. The number of benzene rings is 1. The summed E-state index contributed by atoms with van der Waals surface area (Å²) in [4.78, 5) is 4.89. The largest absolute Gasteiger partial charge is 0.503 e. The Bertz CT molecular complexity index is 554. The Kier molecular flexibility index (Phi) is 7.81. The fourth-order valence-corrected chi connectivity index (χ4v) is 3.61. The Balaban J connectivity index is 2.01. The van der Waals surface area contributed by atoms with Crippen molar-refractivity contribution in [3.8, 4) is 11.5 Å². The number of rotatable bonds is 8. The maximum atomic E-state index is 9.87. The number of aromatic hydroxyl groups is 1. The highest BCUT2D eigenvalue weighted by atomic mass is 35.5. The van der Waals surface area contributed by atoms with Crippen molar-refractivity contribution in [2.45, 2.75) is 39.3 Å². The van der Waals surface area contributed by atoms with Gasteiger partial charge in [0.05, 0.1) is 12.1 Å². The van der Waals surface area contributed by atoms with Gasteiger partial charge in [0.1, 0.15) is 0 Å². The molecule has 1 aromatic rings. The van der Waals surface area contributed by atoms with Gasteiger partial charge in [0, 0.05) is 38.8 Å². The fourth-order valence-electron chi connectivity index (χ4n) is 3.37. The van der Waals surface area contributed by atoms with Crippen molar-refractivity contribution >= 4 is 11.6 Å². The predicted octanol–water partition coefficient (Wildman–Crippen LogP) is 2.97. The molecule has 0 amide bonds. The van der Waals surface area contributed by atoms with E-state index in [2.05, 4.69) is 23.6 Å². The van der Waals surface area contributed by atoms with Gasteiger partial charge < -0.3 is 14.9 Å². The van der Waals surface area contributed by atoms with Crippen LogP contribution >= 0.6 is 11.6 Å². The van der Waals surface area contributed by atoms with Crippen molar-refractivity contribution < 1.29 is 14.9 Å². The first-order valence-electron chi connectivity index (χ1n) is 9.07. The monoisotopic (exact) mass is 370 g/mol. The van der Waals surface area contributed by atoms with E-state index in [4.69, 9.17) is 16.3 Å². The van der Waals surface area contributed by atoms with Gasteiger partial charge >= 0.3 is 0 Å². The summed E-state index contributed by atoms with van der Waals surface area (Å²) < 4.78 is 5.19. The van der Waals surface area contributed by atoms with Gasteiger partial charge in [-0.15, -0.1) is 0 Å². The number of piperazine rings is 1. The van der Waals surface area contributed by atoms with E-state index in [-0.39, 0.29) is 12.4 Å². The zero-order chi connectivity index (χ0) is 18.4. The first kappa shape index (κ1) is 20.3. The van der Waals surface area contributed by atoms with Crippen LogP contribution in [0.15, 0.2) is 12.1 Å². The number of hydrogen-bond donors (Lipinski definition) is 2. The number of aliphatic hydroxyl groups excluding tert-OH is 1. The van der Waals surface area contributed by atoms with Crippen LogP contribution in [0.25, 0.3) is 0 Å². The van der Waals surface area contributed by atoms with E-state index < -0.39 is 0 Å². The second kappa shape index (κ2) is 9.62. The molecule has 1 aliphatic heterocycles. The molecule has 1 aromatic carbocycles. The Morgan fingerprint density at radius 1 is 1.32 bits per heavy atom. The van der Waals surface area contributed by atoms with Crippen molar-refractivity contribution in [2.24, 2.45) is 5.92 Å². The van der Waals surface area contributed by atoms with Gasteiger partial charge in [-0.3, -0.25) is 9.80 Å². The number of ether oxygens (including phenoxy) is 1. The molecular weight excluding hydrogens is 340 g/mol. The highest BCUT2D eigenvalue weighted by Crippen LogP contribution is 2.35. The number of nitrogens with zero attached hydrogens (tertiary/aromatic N) is 2. The average molecular weight is 371 g/mol. The minimum atomic E-state index is -0.00965. The molecule has 5 nitrogen and oxygen atoms in total. The molecule has 142 valence electrons. The lowest BCUT2D eigenvalue weighted by Crippen LogP contribution is -2.53. The third-order valence-electron chi connectivity index (χ3n) is 4.86. The van der Waals surface area contributed by atoms with Gasteiger partial charge in [0.15, 0.2) is 11.5 Å². The standard InChI is InChI=1S/C19H31ClN2O3/c1-14(2)4-6-22-8-7-21(13-16(22)5-9-23)12-15-10-17(20)19(24)18(11-15)25-3/h10-11,14,16,23-24H,4-9,12-13H2,1-3H3. The summed E-state index contributed by atoms with van der Waals surface area (Å²) in [7, 11) is 1.53. The molecule has 1 unspecified atom stereocenters. The average Bonchev–Trinajstić information content (AvgIpc) is 2.57. The van der Waals surface area contributed by atoms with Crippen molar-refractivity contribution in [1.29, 1.82) is 0 Å². The van der Waals surface area contributed by atoms with Crippen LogP contribution in [-0.4, -0.2) is 66.0 Å². The SMILES string of the molecule is COc1cc(CN2CCN(CCC(C)C)C(CCO)C2)cc(Cl)c1O. The van der Waals surface area contributed by atoms with E-state index in [0.29, 0.717) is 22.7 Å². The van der Waals surface area contributed by atoms with E-state index >= 15 is 0 Å². The zero-order valence-electron chi connectivity index (χ0n) is 15.5. The van der Waals surface area contributed by atoms with Crippen LogP contribution in [0.3, 0.4) is 0 Å². The van der Waals surface area contributed by atoms with Crippen molar-refractivity contribution in [3.05, 3.63) is 22.7 Å². The smallest absolute Gasteiger partial charge is 0.176 e. The molecule has 0 spiro atoms. The number of hydrogen-bond acceptors (Lipinski definition) is 5. The van der Waals surface area contributed by atoms with Gasteiger partial charge in [-0.2, -0.15) is 0 Å². The van der Waals surface area contributed by atoms with E-state index in [1.54, 1.807) is 6.07 Å². The minimum absolute atomic E-state index is 0.00965. The van der Waals surface area contributed by atoms with E-state index in [1.165, 1.54) is 13.5 Å². The van der Waals surface area contributed by atoms with Crippen LogP contribution in [0.5, 0.6) is 11.5 Å². The van der Waals surface area contributed by atoms with Crippen molar-refractivity contribution in [2.75, 3.05) is 39.9 Å². The second-order valence-corrected chi connectivity index (χ2v) is 7.66. The maximum Gasteiger partial charge on any atom is 0.176 e. The summed E-state index contributed by atoms with van der Waals surface area (Å²) in [6, 6.07) is 4.02. The first-order valence-corrected chi connectivity index (χ1v) is 9.45. The van der Waals surface area contributed by atoms with E-state index in [9.17, 15) is 10.2 Å². The Morgan fingerprint density at radius 3 is 2.72 bits per heavy atom. The van der Waals surface area contributed by atoms with Crippen LogP contribution in [0, 0.1) is 5.92 Å². The van der Waals surface area contributed by atoms with Gasteiger partial charge in [-0.1, -0.05) is 25.4 Å². The minimum Gasteiger partial charge on any atom is -0.503 e. The Labute approximate surface area is 156 Å². The normalized spacial score (nSPS) is 19.5. The predicted molar refractivity (Wildman–Crippen MR) is 101 cm³/mol. The maximum absolute atomic E-state index is 9.87. The van der Waals surface area contributed by atoms with Crippen LogP contribution in [0.2, 0.25) is 5.02 Å². The number of phenols is 1. The molecule has 0 bridgehead atoms. The molecular formula is C19H31ClN2O3. The molecule has 2 N–H and O–H groups in total. The van der Waals surface area contributed by atoms with Gasteiger partial charge in [-0.05, 0) is 43.0 Å². The van der Waals surface area contributed by atoms with Gasteiger partial charge in [-0.25, -0.2) is 0 Å². The molecule has 1 atom stereocenters. The molecule has 0 saturated carbocycles. The molecule has 6 heteroatoms. The van der Waals surface area contributed by atoms with Gasteiger partial charge in [0.2, 0.25) is 0 Å². The van der Waals surface area contributed by atoms with Crippen LogP contribution in [0.4, 0.5) is 0 Å². The molecule has 1 heterocycles. The van der Waals surface area contributed by atoms with Crippen LogP contribution < -0.4 is 4.74 Å². The molecule has 0 radical (unpaired) electrons. The lowest BCUT2D eigenvalue weighted by Gasteiger charge is -2.41. The number of halogens is 1. The number of methoxy groups -OCH3 is 1. The fraction of sp³-hybridized carbons (Fsp3) is 0.684. The van der Waals surface area contributed by atoms with Gasteiger partial charge in [0.25, 0.3) is 0 Å². The lowest BCUT2D eigenvalue weighted by molar-refractivity contribution is 0.0523. The number of aliphatic hydroxyl groups is 1. The summed E-state index contributed by atoms with van der Waals surface area (Å²) in [5.74, 6) is 1.09. The quantitative estimate of drug-likeness (QED) is 0.736. The summed E-state index contributed by atoms with van der Waals surface area (Å²) >= 11 is 6.10. The highest BCUT2D eigenvalue weighted by molar-refractivity contribution is 6.32. The molecule has 1 saturated heterocycles. The number of phenolic OH excluding ortho intramolecular Hbond substituents is 1. The third kappa shape index (κ3) is 5.74. The summed E-state index contributed by atoms with van der Waals surface area (Å²) in [5.41, 5.74) is 1.03. The van der Waals surface area contributed by atoms with Crippen molar-refractivity contribution in [1.82, 2.24) is 9.80 Å². The molecule has 2 rings (SSSR count). The summed E-state index contributed by atoms with van der Waals surface area (Å²) in [6.07, 6.45) is 1.99. The summed E-state index contributed by atoms with van der Waals surface area (Å²) in [5, 5.41) is 19.6. The Hall–Kier alpha value is -1.01. The summed E-state index contributed by atoms with van der Waals surface area (Å²) in [6.45, 7) is 9.50. The molecule has 1 aliphatic rings. The lowest BCUT2D eigenvalue weighted by atomic mass is 10.0. The van der Waals surface area contributed by atoms with E-state index in [1.807, 2.05) is 6.07 Å². The van der Waals surface area contributed by atoms with Crippen LogP contribution in [0.1, 0.15) is 32.3 Å². The molecule has 1 fully saturated rings. The first-order chi connectivity index (χ1) is 11.9. The molecule has 0 aliphatic carbocycles. The third-order valence-corrected chi connectivity index (χ3v) is 5.15. The van der Waals surface area contributed by atoms with Crippen molar-refractivity contribution in [3.63, 3.8) is 0 Å². The topological polar surface area (TPSA) is 56.2 Å². The van der Waals surface area contributed by atoms with Crippen LogP contribution in [-0.2, 0) is 6.54 Å². The Morgan fingerprint density at radius 2 is 2.08 bits per heavy atom. The highest BCUT2D eigenvalue weighted by Gasteiger charge is 2.26.